The first-order valence-corrected chi connectivity index (χ1v) is 9.20. The number of nitrogens with zero attached hydrogens (tertiary/aromatic N) is 2. The smallest absolute Gasteiger partial charge is 0.258 e. The van der Waals surface area contributed by atoms with Gasteiger partial charge in [0.25, 0.3) is 5.91 Å². The standard InChI is InChI=1S/C19H23ClN4O2/c1-12(2)26-17-8-15(20)7-16(9-17)24-19(25)14-10-22-18(23-11-14)13-3-5-21-6-4-13/h7-13,21H,3-6H2,1-2H3,(H,24,25). The number of hydrogen-bond donors (Lipinski definition) is 2. The zero-order valence-electron chi connectivity index (χ0n) is 15.0. The van der Waals surface area contributed by atoms with E-state index in [-0.39, 0.29) is 12.0 Å². The predicted molar refractivity (Wildman–Crippen MR) is 102 cm³/mol. The second kappa shape index (κ2) is 8.47. The lowest BCUT2D eigenvalue weighted by atomic mass is 9.97. The molecule has 2 aromatic rings. The number of carbonyl (C=O) groups is 1. The number of carbonyl (C=O) groups excluding carboxylic acids is 1. The summed E-state index contributed by atoms with van der Waals surface area (Å²) < 4.78 is 5.64. The van der Waals surface area contributed by atoms with Gasteiger partial charge in [-0.05, 0) is 51.9 Å². The largest absolute Gasteiger partial charge is 0.491 e. The summed E-state index contributed by atoms with van der Waals surface area (Å²) in [4.78, 5) is 21.2. The van der Waals surface area contributed by atoms with Gasteiger partial charge in [-0.2, -0.15) is 0 Å². The highest BCUT2D eigenvalue weighted by Crippen LogP contribution is 2.26. The summed E-state index contributed by atoms with van der Waals surface area (Å²) in [6, 6.07) is 5.14. The molecule has 3 rings (SSSR count). The molecule has 2 heterocycles. The lowest BCUT2D eigenvalue weighted by Gasteiger charge is -2.21. The first-order chi connectivity index (χ1) is 12.5. The van der Waals surface area contributed by atoms with Crippen LogP contribution in [-0.4, -0.2) is 35.1 Å². The predicted octanol–water partition coefficient (Wildman–Crippen LogP) is 3.64. The van der Waals surface area contributed by atoms with Crippen molar-refractivity contribution in [1.29, 1.82) is 0 Å². The van der Waals surface area contributed by atoms with Gasteiger partial charge in [0.05, 0.1) is 11.7 Å². The van der Waals surface area contributed by atoms with Gasteiger partial charge in [-0.1, -0.05) is 11.6 Å². The number of rotatable bonds is 5. The fourth-order valence-electron chi connectivity index (χ4n) is 2.92. The number of hydrogen-bond acceptors (Lipinski definition) is 5. The van der Waals surface area contributed by atoms with Crippen LogP contribution in [0.3, 0.4) is 0 Å². The molecule has 138 valence electrons. The first kappa shape index (κ1) is 18.6. The molecule has 0 bridgehead atoms. The zero-order valence-corrected chi connectivity index (χ0v) is 15.7. The van der Waals surface area contributed by atoms with E-state index in [0.717, 1.165) is 31.8 Å². The van der Waals surface area contributed by atoms with Crippen LogP contribution in [-0.2, 0) is 0 Å². The molecule has 1 amide bonds. The van der Waals surface area contributed by atoms with Gasteiger partial charge in [-0.15, -0.1) is 0 Å². The molecule has 1 aromatic carbocycles. The van der Waals surface area contributed by atoms with Crippen molar-refractivity contribution in [2.45, 2.75) is 38.7 Å². The maximum absolute atomic E-state index is 12.5. The third-order valence-electron chi connectivity index (χ3n) is 4.14. The summed E-state index contributed by atoms with van der Waals surface area (Å²) >= 11 is 6.11. The molecule has 7 heteroatoms. The SMILES string of the molecule is CC(C)Oc1cc(Cl)cc(NC(=O)c2cnc(C3CCNCC3)nc2)c1. The van der Waals surface area contributed by atoms with Gasteiger partial charge in [0.1, 0.15) is 11.6 Å². The second-order valence-corrected chi connectivity index (χ2v) is 7.09. The molecule has 1 fully saturated rings. The van der Waals surface area contributed by atoms with E-state index in [1.807, 2.05) is 13.8 Å². The molecule has 6 nitrogen and oxygen atoms in total. The molecule has 0 unspecified atom stereocenters. The fourth-order valence-corrected chi connectivity index (χ4v) is 3.15. The van der Waals surface area contributed by atoms with Crippen LogP contribution in [0.2, 0.25) is 5.02 Å². The minimum atomic E-state index is -0.278. The molecule has 26 heavy (non-hydrogen) atoms. The zero-order chi connectivity index (χ0) is 18.5. The van der Waals surface area contributed by atoms with E-state index in [4.69, 9.17) is 16.3 Å². The van der Waals surface area contributed by atoms with Crippen molar-refractivity contribution in [2.24, 2.45) is 0 Å². The molecule has 0 atom stereocenters. The normalized spacial score (nSPS) is 15.1. The Morgan fingerprint density at radius 3 is 2.58 bits per heavy atom. The quantitative estimate of drug-likeness (QED) is 0.835. The highest BCUT2D eigenvalue weighted by atomic mass is 35.5. The van der Waals surface area contributed by atoms with Crippen LogP contribution < -0.4 is 15.4 Å². The number of benzene rings is 1. The molecular formula is C19H23ClN4O2. The van der Waals surface area contributed by atoms with Gasteiger partial charge in [0.2, 0.25) is 0 Å². The summed E-state index contributed by atoms with van der Waals surface area (Å²) in [5, 5.41) is 6.64. The minimum absolute atomic E-state index is 0.0212. The maximum Gasteiger partial charge on any atom is 0.258 e. The highest BCUT2D eigenvalue weighted by Gasteiger charge is 2.18. The van der Waals surface area contributed by atoms with E-state index in [1.54, 1.807) is 30.6 Å². The van der Waals surface area contributed by atoms with Gasteiger partial charge in [-0.3, -0.25) is 4.79 Å². The molecule has 2 N–H and O–H groups in total. The number of halogens is 1. The Morgan fingerprint density at radius 1 is 1.23 bits per heavy atom. The average Bonchev–Trinajstić information content (AvgIpc) is 2.61. The topological polar surface area (TPSA) is 76.1 Å². The average molecular weight is 375 g/mol. The summed E-state index contributed by atoms with van der Waals surface area (Å²) in [6.45, 7) is 5.82. The molecule has 1 saturated heterocycles. The summed E-state index contributed by atoms with van der Waals surface area (Å²) in [5.74, 6) is 1.50. The van der Waals surface area contributed by atoms with E-state index in [1.165, 1.54) is 0 Å². The van der Waals surface area contributed by atoms with Crippen molar-refractivity contribution in [1.82, 2.24) is 15.3 Å². The third-order valence-corrected chi connectivity index (χ3v) is 4.36. The van der Waals surface area contributed by atoms with E-state index >= 15 is 0 Å². The summed E-state index contributed by atoms with van der Waals surface area (Å²) in [7, 11) is 0. The van der Waals surface area contributed by atoms with Gasteiger partial charge < -0.3 is 15.4 Å². The number of amides is 1. The Labute approximate surface area is 158 Å². The number of ether oxygens (including phenoxy) is 1. The Bertz CT molecular complexity index is 759. The second-order valence-electron chi connectivity index (χ2n) is 6.65. The third kappa shape index (κ3) is 4.93. The fraction of sp³-hybridized carbons (Fsp3) is 0.421. The van der Waals surface area contributed by atoms with Gasteiger partial charge in [0.15, 0.2) is 0 Å². The molecule has 0 spiro atoms. The lowest BCUT2D eigenvalue weighted by Crippen LogP contribution is -2.27. The Kier molecular flexibility index (Phi) is 6.06. The van der Waals surface area contributed by atoms with Crippen LogP contribution in [0.15, 0.2) is 30.6 Å². The number of aromatic nitrogens is 2. The van der Waals surface area contributed by atoms with E-state index in [9.17, 15) is 4.79 Å². The summed E-state index contributed by atoms with van der Waals surface area (Å²) in [6.07, 6.45) is 5.22. The Morgan fingerprint density at radius 2 is 1.92 bits per heavy atom. The Balaban J connectivity index is 1.68. The van der Waals surface area contributed by atoms with Crippen molar-refractivity contribution < 1.29 is 9.53 Å². The van der Waals surface area contributed by atoms with Crippen LogP contribution >= 0.6 is 11.6 Å². The first-order valence-electron chi connectivity index (χ1n) is 8.82. The van der Waals surface area contributed by atoms with Crippen molar-refractivity contribution in [3.05, 3.63) is 47.0 Å². The number of anilines is 1. The van der Waals surface area contributed by atoms with Crippen molar-refractivity contribution in [3.8, 4) is 5.75 Å². The van der Waals surface area contributed by atoms with Gasteiger partial charge in [-0.25, -0.2) is 9.97 Å². The number of nitrogens with one attached hydrogen (secondary N) is 2. The van der Waals surface area contributed by atoms with Gasteiger partial charge >= 0.3 is 0 Å². The molecule has 1 aliphatic heterocycles. The maximum atomic E-state index is 12.5. The summed E-state index contributed by atoms with van der Waals surface area (Å²) in [5.41, 5.74) is 0.981. The molecule has 0 saturated carbocycles. The van der Waals surface area contributed by atoms with Crippen molar-refractivity contribution in [2.75, 3.05) is 18.4 Å². The van der Waals surface area contributed by atoms with E-state index in [2.05, 4.69) is 20.6 Å². The molecular weight excluding hydrogens is 352 g/mol. The van der Waals surface area contributed by atoms with Crippen LogP contribution in [0, 0.1) is 0 Å². The van der Waals surface area contributed by atoms with E-state index < -0.39 is 0 Å². The molecule has 1 aromatic heterocycles. The monoisotopic (exact) mass is 374 g/mol. The number of piperidine rings is 1. The van der Waals surface area contributed by atoms with Gasteiger partial charge in [0, 0.05) is 35.1 Å². The molecule has 0 radical (unpaired) electrons. The van der Waals surface area contributed by atoms with E-state index in [0.29, 0.717) is 27.9 Å². The van der Waals surface area contributed by atoms with Crippen molar-refractivity contribution >= 4 is 23.2 Å². The lowest BCUT2D eigenvalue weighted by molar-refractivity contribution is 0.102. The highest BCUT2D eigenvalue weighted by molar-refractivity contribution is 6.31. The van der Waals surface area contributed by atoms with Crippen LogP contribution in [0.25, 0.3) is 0 Å². The Hall–Kier alpha value is -2.18. The van der Waals surface area contributed by atoms with Crippen LogP contribution in [0.1, 0.15) is 48.8 Å². The van der Waals surface area contributed by atoms with Crippen LogP contribution in [0.5, 0.6) is 5.75 Å². The van der Waals surface area contributed by atoms with Crippen molar-refractivity contribution in [3.63, 3.8) is 0 Å². The molecule has 1 aliphatic rings. The minimum Gasteiger partial charge on any atom is -0.491 e. The molecule has 0 aliphatic carbocycles. The van der Waals surface area contributed by atoms with Crippen LogP contribution in [0.4, 0.5) is 5.69 Å².